The molecule has 7 nitrogen and oxygen atoms in total. The minimum Gasteiger partial charge on any atom is -0.395 e. The monoisotopic (exact) mass is 409 g/mol. The lowest BCUT2D eigenvalue weighted by Crippen LogP contribution is -2.19. The molecule has 29 heavy (non-hydrogen) atoms. The molecule has 0 unspecified atom stereocenters. The maximum atomic E-state index is 13.5. The summed E-state index contributed by atoms with van der Waals surface area (Å²) in [5.74, 6) is 0.665. The van der Waals surface area contributed by atoms with Crippen LogP contribution in [0.2, 0.25) is 0 Å². The third-order valence-electron chi connectivity index (χ3n) is 3.98. The van der Waals surface area contributed by atoms with Crippen LogP contribution in [-0.2, 0) is 9.09 Å². The molecule has 0 aromatic heterocycles. The summed E-state index contributed by atoms with van der Waals surface area (Å²) in [6, 6.07) is 25.6. The third kappa shape index (κ3) is 5.87. The second kappa shape index (κ2) is 9.80. The lowest BCUT2D eigenvalue weighted by Gasteiger charge is -2.25. The summed E-state index contributed by atoms with van der Waals surface area (Å²) in [6.07, 6.45) is -0.786. The number of phosphoric ester groups is 1. The molecule has 0 saturated heterocycles. The minimum atomic E-state index is -4.10. The zero-order chi connectivity index (χ0) is 20.5. The highest BCUT2D eigenvalue weighted by atomic mass is 31.2. The summed E-state index contributed by atoms with van der Waals surface area (Å²) >= 11 is 0. The number of hydrogen-bond donors (Lipinski definition) is 0. The summed E-state index contributed by atoms with van der Waals surface area (Å²) in [6.45, 7) is 1.65. The highest BCUT2D eigenvalue weighted by Gasteiger charge is 2.36. The van der Waals surface area contributed by atoms with E-state index in [4.69, 9.17) is 19.1 Å². The quantitative estimate of drug-likeness (QED) is 0.170. The molecule has 148 valence electrons. The molecule has 0 N–H and O–H groups in total. The van der Waals surface area contributed by atoms with Crippen molar-refractivity contribution in [2.75, 3.05) is 0 Å². The van der Waals surface area contributed by atoms with Crippen LogP contribution in [0.1, 0.15) is 18.5 Å². The summed E-state index contributed by atoms with van der Waals surface area (Å²) in [5, 5.41) is 3.82. The maximum Gasteiger partial charge on any atom is 0.587 e. The Hall–Kier alpha value is -3.24. The van der Waals surface area contributed by atoms with Gasteiger partial charge in [-0.25, -0.2) is 4.57 Å². The summed E-state index contributed by atoms with van der Waals surface area (Å²) in [7, 11) is -4.10. The van der Waals surface area contributed by atoms with Crippen LogP contribution in [0.15, 0.2) is 96.1 Å². The first-order valence-corrected chi connectivity index (χ1v) is 10.4. The van der Waals surface area contributed by atoms with E-state index in [1.807, 2.05) is 30.3 Å². The zero-order valence-electron chi connectivity index (χ0n) is 15.7. The van der Waals surface area contributed by atoms with E-state index in [0.717, 1.165) is 5.56 Å². The Morgan fingerprint density at radius 3 is 1.72 bits per heavy atom. The van der Waals surface area contributed by atoms with Crippen molar-refractivity contribution in [1.29, 1.82) is 0 Å². The Kier molecular flexibility index (Phi) is 6.93. The number of para-hydroxylation sites is 2. The maximum absolute atomic E-state index is 13.5. The van der Waals surface area contributed by atoms with E-state index in [0.29, 0.717) is 11.5 Å². The van der Waals surface area contributed by atoms with E-state index < -0.39 is 20.0 Å². The van der Waals surface area contributed by atoms with Crippen molar-refractivity contribution in [3.63, 3.8) is 0 Å². The molecule has 3 aromatic carbocycles. The van der Waals surface area contributed by atoms with Gasteiger partial charge in [-0.3, -0.25) is 4.52 Å². The van der Waals surface area contributed by atoms with E-state index in [1.54, 1.807) is 67.6 Å². The lowest BCUT2D eigenvalue weighted by atomic mass is 10.0. The van der Waals surface area contributed by atoms with Crippen molar-refractivity contribution in [2.45, 2.75) is 19.1 Å². The Morgan fingerprint density at radius 1 is 0.828 bits per heavy atom. The Bertz CT molecular complexity index is 951. The third-order valence-corrected chi connectivity index (χ3v) is 5.44. The zero-order valence-corrected chi connectivity index (χ0v) is 16.6. The van der Waals surface area contributed by atoms with Gasteiger partial charge in [-0.05, 0) is 42.3 Å². The number of azide groups is 1. The molecular weight excluding hydrogens is 389 g/mol. The molecule has 0 amide bonds. The summed E-state index contributed by atoms with van der Waals surface area (Å²) in [5.41, 5.74) is 9.71. The van der Waals surface area contributed by atoms with E-state index in [-0.39, 0.29) is 0 Å². The number of rotatable bonds is 9. The van der Waals surface area contributed by atoms with Crippen LogP contribution >= 0.6 is 7.82 Å². The highest BCUT2D eigenvalue weighted by Crippen LogP contribution is 2.52. The molecule has 0 spiro atoms. The largest absolute Gasteiger partial charge is 0.587 e. The van der Waals surface area contributed by atoms with Gasteiger partial charge in [0.1, 0.15) is 11.5 Å². The van der Waals surface area contributed by atoms with Gasteiger partial charge in [0.2, 0.25) is 0 Å². The first-order chi connectivity index (χ1) is 14.1. The van der Waals surface area contributed by atoms with Crippen LogP contribution < -0.4 is 9.05 Å². The summed E-state index contributed by atoms with van der Waals surface area (Å²) < 4.78 is 30.5. The fraction of sp³-hybridized carbons (Fsp3) is 0.143. The van der Waals surface area contributed by atoms with Gasteiger partial charge < -0.3 is 9.05 Å². The molecule has 0 aliphatic rings. The van der Waals surface area contributed by atoms with Crippen LogP contribution in [0.3, 0.4) is 0 Å². The van der Waals surface area contributed by atoms with Gasteiger partial charge in [0.25, 0.3) is 0 Å². The normalized spacial score (nSPS) is 13.0. The number of nitrogens with zero attached hydrogens (tertiary/aromatic N) is 3. The van der Waals surface area contributed by atoms with Crippen LogP contribution in [-0.4, -0.2) is 6.10 Å². The van der Waals surface area contributed by atoms with E-state index in [1.165, 1.54) is 0 Å². The van der Waals surface area contributed by atoms with Gasteiger partial charge in [0, 0.05) is 4.91 Å². The number of benzene rings is 3. The van der Waals surface area contributed by atoms with Crippen LogP contribution in [0.5, 0.6) is 11.5 Å². The van der Waals surface area contributed by atoms with Gasteiger partial charge in [-0.1, -0.05) is 71.8 Å². The van der Waals surface area contributed by atoms with Crippen molar-refractivity contribution in [3.05, 3.63) is 107 Å². The van der Waals surface area contributed by atoms with Gasteiger partial charge >= 0.3 is 7.82 Å². The average Bonchev–Trinajstić information content (AvgIpc) is 2.73. The van der Waals surface area contributed by atoms with Gasteiger partial charge in [0.15, 0.2) is 0 Å². The smallest absolute Gasteiger partial charge is 0.395 e. The standard InChI is InChI=1S/C21H20N3O4P/c1-17(21(23-24-22)18-11-5-2-6-12-18)26-29(25,27-19-13-7-3-8-14-19)28-20-15-9-4-10-16-20/h2-17,21H,1H3/t17-,21-/m0/s1. The molecule has 0 aliphatic heterocycles. The fourth-order valence-electron chi connectivity index (χ4n) is 2.68. The molecule has 3 aromatic rings. The Balaban J connectivity index is 1.88. The number of hydrogen-bond acceptors (Lipinski definition) is 5. The molecular formula is C21H20N3O4P. The van der Waals surface area contributed by atoms with Gasteiger partial charge in [0.05, 0.1) is 12.1 Å². The average molecular weight is 409 g/mol. The molecule has 0 fully saturated rings. The molecule has 8 heteroatoms. The molecule has 0 bridgehead atoms. The first kappa shape index (κ1) is 20.5. The SMILES string of the molecule is C[C@H](OP(=O)(Oc1ccccc1)Oc1ccccc1)[C@H](N=[N+]=[N-])c1ccccc1. The van der Waals surface area contributed by atoms with Crippen molar-refractivity contribution >= 4 is 7.82 Å². The summed E-state index contributed by atoms with van der Waals surface area (Å²) in [4.78, 5) is 2.91. The highest BCUT2D eigenvalue weighted by molar-refractivity contribution is 7.49. The van der Waals surface area contributed by atoms with E-state index in [2.05, 4.69) is 10.0 Å². The predicted octanol–water partition coefficient (Wildman–Crippen LogP) is 6.71. The topological polar surface area (TPSA) is 93.5 Å². The Morgan fingerprint density at radius 2 is 1.28 bits per heavy atom. The second-order valence-electron chi connectivity index (χ2n) is 6.13. The van der Waals surface area contributed by atoms with Crippen molar-refractivity contribution in [2.24, 2.45) is 5.11 Å². The minimum absolute atomic E-state index is 0.332. The van der Waals surface area contributed by atoms with Crippen molar-refractivity contribution < 1.29 is 18.1 Å². The van der Waals surface area contributed by atoms with Crippen LogP contribution in [0.4, 0.5) is 0 Å². The number of phosphoric acid groups is 1. The van der Waals surface area contributed by atoms with Crippen molar-refractivity contribution in [1.82, 2.24) is 0 Å². The van der Waals surface area contributed by atoms with Crippen LogP contribution in [0.25, 0.3) is 10.4 Å². The molecule has 0 heterocycles. The lowest BCUT2D eigenvalue weighted by molar-refractivity contribution is 0.135. The van der Waals surface area contributed by atoms with E-state index >= 15 is 0 Å². The van der Waals surface area contributed by atoms with Gasteiger partial charge in [-0.2, -0.15) is 0 Å². The molecule has 0 aliphatic carbocycles. The van der Waals surface area contributed by atoms with E-state index in [9.17, 15) is 4.57 Å². The fourth-order valence-corrected chi connectivity index (χ4v) is 4.09. The van der Waals surface area contributed by atoms with Crippen molar-refractivity contribution in [3.8, 4) is 11.5 Å². The first-order valence-electron chi connectivity index (χ1n) is 8.96. The Labute approximate surface area is 169 Å². The van der Waals surface area contributed by atoms with Crippen LogP contribution in [0, 0.1) is 0 Å². The molecule has 3 rings (SSSR count). The van der Waals surface area contributed by atoms with Gasteiger partial charge in [-0.15, -0.1) is 0 Å². The second-order valence-corrected chi connectivity index (χ2v) is 7.60. The predicted molar refractivity (Wildman–Crippen MR) is 111 cm³/mol. The molecule has 0 saturated carbocycles. The molecule has 0 radical (unpaired) electrons. The molecule has 2 atom stereocenters.